The Morgan fingerprint density at radius 1 is 1.27 bits per heavy atom. The van der Waals surface area contributed by atoms with Gasteiger partial charge in [-0.3, -0.25) is 14.4 Å². The van der Waals surface area contributed by atoms with Crippen molar-refractivity contribution in [1.82, 2.24) is 5.32 Å². The molecule has 136 valence electrons. The highest BCUT2D eigenvalue weighted by atomic mass is 32.2. The van der Waals surface area contributed by atoms with Gasteiger partial charge in [0.05, 0.1) is 12.9 Å². The van der Waals surface area contributed by atoms with Crippen LogP contribution in [0.2, 0.25) is 0 Å². The van der Waals surface area contributed by atoms with E-state index < -0.39 is 22.0 Å². The van der Waals surface area contributed by atoms with Crippen molar-refractivity contribution in [3.63, 3.8) is 0 Å². The number of nitrogens with one attached hydrogen (secondary N) is 1. The third-order valence-corrected chi connectivity index (χ3v) is 4.04. The maximum atomic E-state index is 12.3. The summed E-state index contributed by atoms with van der Waals surface area (Å²) in [7, 11) is -3.80. The summed E-state index contributed by atoms with van der Waals surface area (Å²) >= 11 is 0. The summed E-state index contributed by atoms with van der Waals surface area (Å²) in [6.45, 7) is 0.639. The first-order chi connectivity index (χ1) is 12.3. The number of fused-ring (bicyclic) bond motifs is 1. The number of carbonyl (C=O) groups excluding carboxylic acids is 1. The van der Waals surface area contributed by atoms with E-state index in [1.54, 1.807) is 18.2 Å². The summed E-state index contributed by atoms with van der Waals surface area (Å²) in [6.07, 6.45) is 1.63. The molecule has 9 heteroatoms. The van der Waals surface area contributed by atoms with Gasteiger partial charge in [-0.2, -0.15) is 8.42 Å². The van der Waals surface area contributed by atoms with Crippen LogP contribution < -0.4 is 15.8 Å². The van der Waals surface area contributed by atoms with Gasteiger partial charge in [0.15, 0.2) is 0 Å². The number of benzene rings is 2. The number of nitrogens with two attached hydrogens (primary N) is 1. The van der Waals surface area contributed by atoms with Gasteiger partial charge in [-0.25, -0.2) is 0 Å². The minimum Gasteiger partial charge on any atom is -0.493 e. The van der Waals surface area contributed by atoms with E-state index in [9.17, 15) is 13.2 Å². The molecule has 0 radical (unpaired) electrons. The van der Waals surface area contributed by atoms with Gasteiger partial charge in [-0.15, -0.1) is 0 Å². The highest BCUT2D eigenvalue weighted by Crippen LogP contribution is 2.34. The molecule has 8 nitrogen and oxygen atoms in total. The summed E-state index contributed by atoms with van der Waals surface area (Å²) in [5.74, 6) is -0.138. The Morgan fingerprint density at radius 2 is 2.04 bits per heavy atom. The van der Waals surface area contributed by atoms with Crippen molar-refractivity contribution >= 4 is 22.0 Å². The molecule has 2 aromatic rings. The number of amides is 1. The second-order valence-electron chi connectivity index (χ2n) is 5.67. The molecule has 1 amide bonds. The number of guanidine groups is 1. The fraction of sp³-hybridized carbons (Fsp3) is 0.176. The molecular formula is C17H17N3O5S. The Labute approximate surface area is 150 Å². The first-order valence-corrected chi connectivity index (χ1v) is 9.54. The van der Waals surface area contributed by atoms with Crippen LogP contribution in [-0.4, -0.2) is 33.1 Å². The number of hydrogen-bond acceptors (Lipinski definition) is 6. The lowest BCUT2D eigenvalue weighted by Gasteiger charge is -2.09. The number of rotatable bonds is 4. The summed E-state index contributed by atoms with van der Waals surface area (Å²) in [6, 6.07) is 12.8. The van der Waals surface area contributed by atoms with Crippen LogP contribution >= 0.6 is 0 Å². The Bertz CT molecular complexity index is 986. The molecule has 0 fully saturated rings. The van der Waals surface area contributed by atoms with Gasteiger partial charge in [-0.05, 0) is 34.5 Å². The minimum atomic E-state index is -3.80. The van der Waals surface area contributed by atoms with Gasteiger partial charge in [-0.1, -0.05) is 24.3 Å². The molecule has 0 bridgehead atoms. The van der Waals surface area contributed by atoms with Crippen molar-refractivity contribution in [2.24, 2.45) is 10.9 Å². The molecule has 1 aliphatic heterocycles. The molecule has 1 aliphatic rings. The normalized spacial score (nSPS) is 13.7. The van der Waals surface area contributed by atoms with Crippen molar-refractivity contribution in [1.29, 1.82) is 0 Å². The van der Waals surface area contributed by atoms with Crippen LogP contribution in [0.3, 0.4) is 0 Å². The second kappa shape index (κ2) is 7.04. The summed E-state index contributed by atoms with van der Waals surface area (Å²) in [5.41, 5.74) is 8.76. The minimum absolute atomic E-state index is 0.344. The Kier molecular flexibility index (Phi) is 4.81. The van der Waals surface area contributed by atoms with Gasteiger partial charge < -0.3 is 10.5 Å². The molecule has 0 saturated heterocycles. The monoisotopic (exact) mass is 375 g/mol. The maximum Gasteiger partial charge on any atom is 0.325 e. The van der Waals surface area contributed by atoms with E-state index in [4.69, 9.17) is 10.5 Å². The molecule has 0 aromatic heterocycles. The average Bonchev–Trinajstić information content (AvgIpc) is 3.08. The standard InChI is InChI=1S/C17H17N3O5S/c1-26(22,23)25-20-17(18)19-16(21)12-5-2-4-11(10-12)13-6-3-7-15-14(13)8-9-24-15/h2-7,10H,8-9H2,1H3,(H3,18,19,20,21). The molecule has 3 rings (SSSR count). The topological polar surface area (TPSA) is 120 Å². The molecule has 0 saturated carbocycles. The van der Waals surface area contributed by atoms with Gasteiger partial charge in [0, 0.05) is 17.5 Å². The zero-order chi connectivity index (χ0) is 18.7. The maximum absolute atomic E-state index is 12.3. The lowest BCUT2D eigenvalue weighted by atomic mass is 9.96. The lowest BCUT2D eigenvalue weighted by molar-refractivity contribution is 0.0975. The van der Waals surface area contributed by atoms with E-state index in [-0.39, 0.29) is 0 Å². The fourth-order valence-electron chi connectivity index (χ4n) is 2.64. The van der Waals surface area contributed by atoms with E-state index >= 15 is 0 Å². The van der Waals surface area contributed by atoms with Crippen molar-refractivity contribution < 1.29 is 22.2 Å². The van der Waals surface area contributed by atoms with Crippen molar-refractivity contribution in [3.8, 4) is 16.9 Å². The Hall–Kier alpha value is -3.07. The van der Waals surface area contributed by atoms with Gasteiger partial charge in [0.1, 0.15) is 5.75 Å². The lowest BCUT2D eigenvalue weighted by Crippen LogP contribution is -2.37. The predicted octanol–water partition coefficient (Wildman–Crippen LogP) is 1.22. The SMILES string of the molecule is CS(=O)(=O)ON=C(N)NC(=O)c1cccc(-c2cccc3c2CCO3)c1. The third kappa shape index (κ3) is 4.12. The highest BCUT2D eigenvalue weighted by Gasteiger charge is 2.17. The van der Waals surface area contributed by atoms with Crippen LogP contribution in [-0.2, 0) is 20.8 Å². The average molecular weight is 375 g/mol. The number of hydrogen-bond donors (Lipinski definition) is 2. The van der Waals surface area contributed by atoms with Crippen LogP contribution in [0.1, 0.15) is 15.9 Å². The van der Waals surface area contributed by atoms with E-state index in [1.807, 2.05) is 24.3 Å². The molecule has 0 atom stereocenters. The molecule has 0 spiro atoms. The molecule has 0 aliphatic carbocycles. The summed E-state index contributed by atoms with van der Waals surface area (Å²) < 4.78 is 31.5. The molecule has 0 unspecified atom stereocenters. The van der Waals surface area contributed by atoms with Gasteiger partial charge in [0.25, 0.3) is 5.91 Å². The Balaban J connectivity index is 1.82. The largest absolute Gasteiger partial charge is 0.493 e. The quantitative estimate of drug-likeness (QED) is 0.471. The molecule has 26 heavy (non-hydrogen) atoms. The highest BCUT2D eigenvalue weighted by molar-refractivity contribution is 7.85. The zero-order valence-corrected chi connectivity index (χ0v) is 14.7. The van der Waals surface area contributed by atoms with Crippen molar-refractivity contribution in [2.75, 3.05) is 12.9 Å². The smallest absolute Gasteiger partial charge is 0.325 e. The van der Waals surface area contributed by atoms with Crippen LogP contribution in [0.4, 0.5) is 0 Å². The molecular weight excluding hydrogens is 358 g/mol. The first kappa shape index (κ1) is 17.7. The number of carbonyl (C=O) groups is 1. The number of nitrogens with zero attached hydrogens (tertiary/aromatic N) is 1. The Morgan fingerprint density at radius 3 is 2.81 bits per heavy atom. The van der Waals surface area contributed by atoms with E-state index in [2.05, 4.69) is 14.8 Å². The summed E-state index contributed by atoms with van der Waals surface area (Å²) in [5, 5.41) is 5.42. The molecule has 2 aromatic carbocycles. The van der Waals surface area contributed by atoms with Crippen LogP contribution in [0.25, 0.3) is 11.1 Å². The van der Waals surface area contributed by atoms with Crippen molar-refractivity contribution in [2.45, 2.75) is 6.42 Å². The molecule has 1 heterocycles. The summed E-state index contributed by atoms with van der Waals surface area (Å²) in [4.78, 5) is 12.3. The predicted molar refractivity (Wildman–Crippen MR) is 96.1 cm³/mol. The molecule has 3 N–H and O–H groups in total. The number of oxime groups is 1. The van der Waals surface area contributed by atoms with E-state index in [1.165, 1.54) is 0 Å². The number of ether oxygens (including phenoxy) is 1. The van der Waals surface area contributed by atoms with Crippen LogP contribution in [0, 0.1) is 0 Å². The first-order valence-electron chi connectivity index (χ1n) is 7.72. The fourth-order valence-corrected chi connectivity index (χ4v) is 2.86. The zero-order valence-electron chi connectivity index (χ0n) is 13.9. The second-order valence-corrected chi connectivity index (χ2v) is 7.23. The van der Waals surface area contributed by atoms with Crippen molar-refractivity contribution in [3.05, 3.63) is 53.6 Å². The van der Waals surface area contributed by atoms with Gasteiger partial charge in [0.2, 0.25) is 5.96 Å². The van der Waals surface area contributed by atoms with Crippen LogP contribution in [0.15, 0.2) is 47.6 Å². The van der Waals surface area contributed by atoms with Gasteiger partial charge >= 0.3 is 10.1 Å². The van der Waals surface area contributed by atoms with E-state index in [0.29, 0.717) is 12.2 Å². The van der Waals surface area contributed by atoms with E-state index in [0.717, 1.165) is 35.1 Å². The third-order valence-electron chi connectivity index (χ3n) is 3.69. The van der Waals surface area contributed by atoms with Crippen LogP contribution in [0.5, 0.6) is 5.75 Å².